The number of aryl methyl sites for hydroxylation is 1. The number of rotatable bonds is 8. The fraction of sp³-hybridized carbons (Fsp3) is 0.600. The van der Waals surface area contributed by atoms with Gasteiger partial charge in [-0.1, -0.05) is 29.8 Å². The Morgan fingerprint density at radius 3 is 2.40 bits per heavy atom. The molecule has 0 bridgehead atoms. The van der Waals surface area contributed by atoms with E-state index in [4.69, 9.17) is 11.6 Å². The van der Waals surface area contributed by atoms with Crippen LogP contribution in [0.3, 0.4) is 0 Å². The van der Waals surface area contributed by atoms with E-state index >= 15 is 0 Å². The molecular formula is C15H22ClNO2S. The number of benzene rings is 1. The molecule has 1 aliphatic carbocycles. The summed E-state index contributed by atoms with van der Waals surface area (Å²) in [5.74, 6) is 0.735. The molecule has 1 aromatic carbocycles. The van der Waals surface area contributed by atoms with Crippen molar-refractivity contribution in [3.05, 3.63) is 35.4 Å². The second kappa shape index (κ2) is 6.92. The van der Waals surface area contributed by atoms with Gasteiger partial charge in [-0.2, -0.15) is 4.31 Å². The van der Waals surface area contributed by atoms with E-state index in [2.05, 4.69) is 0 Å². The molecule has 0 aliphatic heterocycles. The Morgan fingerprint density at radius 1 is 1.20 bits per heavy atom. The summed E-state index contributed by atoms with van der Waals surface area (Å²) in [6.07, 6.45) is 3.37. The van der Waals surface area contributed by atoms with E-state index in [0.29, 0.717) is 18.8 Å². The van der Waals surface area contributed by atoms with Gasteiger partial charge in [-0.15, -0.1) is 11.6 Å². The predicted octanol–water partition coefficient (Wildman–Crippen LogP) is 3.31. The lowest BCUT2D eigenvalue weighted by molar-refractivity contribution is 0.398. The van der Waals surface area contributed by atoms with Crippen LogP contribution in [0, 0.1) is 6.92 Å². The van der Waals surface area contributed by atoms with Gasteiger partial charge >= 0.3 is 0 Å². The lowest BCUT2D eigenvalue weighted by Crippen LogP contribution is -2.34. The highest BCUT2D eigenvalue weighted by Crippen LogP contribution is 2.31. The van der Waals surface area contributed by atoms with E-state index in [9.17, 15) is 8.42 Å². The molecule has 0 atom stereocenters. The smallest absolute Gasteiger partial charge is 0.212 e. The zero-order chi connectivity index (χ0) is 14.6. The zero-order valence-electron chi connectivity index (χ0n) is 11.9. The van der Waals surface area contributed by atoms with E-state index in [1.165, 1.54) is 5.56 Å². The largest absolute Gasteiger partial charge is 0.214 e. The minimum absolute atomic E-state index is 0.206. The first-order valence-electron chi connectivity index (χ1n) is 7.14. The number of hydrogen-bond donors (Lipinski definition) is 0. The minimum atomic E-state index is -3.16. The average molecular weight is 316 g/mol. The van der Waals surface area contributed by atoms with Crippen LogP contribution in [0.25, 0.3) is 0 Å². The van der Waals surface area contributed by atoms with Gasteiger partial charge in [-0.25, -0.2) is 8.42 Å². The van der Waals surface area contributed by atoms with Crippen molar-refractivity contribution in [1.29, 1.82) is 0 Å². The van der Waals surface area contributed by atoms with Gasteiger partial charge in [-0.05, 0) is 38.2 Å². The lowest BCUT2D eigenvalue weighted by Gasteiger charge is -2.22. The van der Waals surface area contributed by atoms with Crippen molar-refractivity contribution in [2.75, 3.05) is 11.6 Å². The number of sulfonamides is 1. The third kappa shape index (κ3) is 4.47. The second-order valence-corrected chi connectivity index (χ2v) is 7.89. The lowest BCUT2D eigenvalue weighted by atomic mass is 10.1. The van der Waals surface area contributed by atoms with Crippen LogP contribution in [-0.4, -0.2) is 30.4 Å². The Kier molecular flexibility index (Phi) is 5.47. The molecule has 1 fully saturated rings. The van der Waals surface area contributed by atoms with E-state index in [-0.39, 0.29) is 11.8 Å². The molecule has 1 aromatic rings. The SMILES string of the molecule is Cc1ccc(CN(C2CC2)S(=O)(=O)CCCCCl)cc1. The first kappa shape index (κ1) is 15.8. The minimum Gasteiger partial charge on any atom is -0.212 e. The van der Waals surface area contributed by atoms with Crippen LogP contribution >= 0.6 is 11.6 Å². The van der Waals surface area contributed by atoms with Gasteiger partial charge in [0.05, 0.1) is 5.75 Å². The predicted molar refractivity (Wildman–Crippen MR) is 83.5 cm³/mol. The Hall–Kier alpha value is -0.580. The molecule has 5 heteroatoms. The molecular weight excluding hydrogens is 294 g/mol. The Labute approximate surface area is 127 Å². The molecule has 0 heterocycles. The van der Waals surface area contributed by atoms with Crippen molar-refractivity contribution in [2.24, 2.45) is 0 Å². The molecule has 0 spiro atoms. The molecule has 112 valence electrons. The van der Waals surface area contributed by atoms with E-state index in [1.54, 1.807) is 4.31 Å². The van der Waals surface area contributed by atoms with Crippen molar-refractivity contribution < 1.29 is 8.42 Å². The number of halogens is 1. The molecule has 20 heavy (non-hydrogen) atoms. The maximum atomic E-state index is 12.4. The molecule has 1 aliphatic rings. The van der Waals surface area contributed by atoms with Crippen molar-refractivity contribution in [1.82, 2.24) is 4.31 Å². The van der Waals surface area contributed by atoms with Crippen molar-refractivity contribution >= 4 is 21.6 Å². The molecule has 0 unspecified atom stereocenters. The van der Waals surface area contributed by atoms with Gasteiger partial charge in [0, 0.05) is 18.5 Å². The molecule has 0 N–H and O–H groups in total. The molecule has 2 rings (SSSR count). The van der Waals surface area contributed by atoms with Gasteiger partial charge in [-0.3, -0.25) is 0 Å². The fourth-order valence-electron chi connectivity index (χ4n) is 2.19. The Bertz CT molecular complexity index is 523. The summed E-state index contributed by atoms with van der Waals surface area (Å²) in [5, 5.41) is 0. The molecule has 0 radical (unpaired) electrons. The molecule has 0 saturated heterocycles. The van der Waals surface area contributed by atoms with Gasteiger partial charge in [0.25, 0.3) is 0 Å². The first-order valence-corrected chi connectivity index (χ1v) is 9.28. The maximum Gasteiger partial charge on any atom is 0.214 e. The summed E-state index contributed by atoms with van der Waals surface area (Å²) in [4.78, 5) is 0. The van der Waals surface area contributed by atoms with Crippen LogP contribution in [0.1, 0.15) is 36.8 Å². The van der Waals surface area contributed by atoms with Gasteiger partial charge in [0.2, 0.25) is 10.0 Å². The summed E-state index contributed by atoms with van der Waals surface area (Å²) in [6, 6.07) is 8.29. The topological polar surface area (TPSA) is 37.4 Å². The summed E-state index contributed by atoms with van der Waals surface area (Å²) >= 11 is 5.62. The standard InChI is InChI=1S/C15H22ClNO2S/c1-13-4-6-14(7-5-13)12-17(15-8-9-15)20(18,19)11-3-2-10-16/h4-7,15H,2-3,8-12H2,1H3. The van der Waals surface area contributed by atoms with Crippen molar-refractivity contribution in [2.45, 2.75) is 45.2 Å². The summed E-state index contributed by atoms with van der Waals surface area (Å²) in [5.41, 5.74) is 2.25. The van der Waals surface area contributed by atoms with Crippen LogP contribution in [0.2, 0.25) is 0 Å². The van der Waals surface area contributed by atoms with Gasteiger partial charge < -0.3 is 0 Å². The van der Waals surface area contributed by atoms with E-state index in [1.807, 2.05) is 31.2 Å². The fourth-order valence-corrected chi connectivity index (χ4v) is 4.19. The molecule has 3 nitrogen and oxygen atoms in total. The third-order valence-electron chi connectivity index (χ3n) is 3.56. The summed E-state index contributed by atoms with van der Waals surface area (Å²) < 4.78 is 26.6. The summed E-state index contributed by atoms with van der Waals surface area (Å²) in [6.45, 7) is 2.53. The van der Waals surface area contributed by atoms with E-state index in [0.717, 1.165) is 24.8 Å². The highest BCUT2D eigenvalue weighted by Gasteiger charge is 2.36. The normalized spacial score (nSPS) is 15.8. The van der Waals surface area contributed by atoms with Crippen molar-refractivity contribution in [3.63, 3.8) is 0 Å². The molecule has 1 saturated carbocycles. The van der Waals surface area contributed by atoms with Gasteiger partial charge in [0.1, 0.15) is 0 Å². The Morgan fingerprint density at radius 2 is 1.85 bits per heavy atom. The Balaban J connectivity index is 2.05. The molecule has 0 aromatic heterocycles. The number of hydrogen-bond acceptors (Lipinski definition) is 2. The van der Waals surface area contributed by atoms with Crippen LogP contribution in [-0.2, 0) is 16.6 Å². The number of nitrogens with zero attached hydrogens (tertiary/aromatic N) is 1. The average Bonchev–Trinajstić information content (AvgIpc) is 3.22. The highest BCUT2D eigenvalue weighted by molar-refractivity contribution is 7.89. The number of alkyl halides is 1. The zero-order valence-corrected chi connectivity index (χ0v) is 13.5. The van der Waals surface area contributed by atoms with Crippen LogP contribution in [0.4, 0.5) is 0 Å². The second-order valence-electron chi connectivity index (χ2n) is 5.47. The van der Waals surface area contributed by atoms with E-state index < -0.39 is 10.0 Å². The van der Waals surface area contributed by atoms with Crippen LogP contribution in [0.5, 0.6) is 0 Å². The van der Waals surface area contributed by atoms with Crippen molar-refractivity contribution in [3.8, 4) is 0 Å². The van der Waals surface area contributed by atoms with Crippen LogP contribution in [0.15, 0.2) is 24.3 Å². The third-order valence-corrected chi connectivity index (χ3v) is 5.77. The van der Waals surface area contributed by atoms with Crippen LogP contribution < -0.4 is 0 Å². The van der Waals surface area contributed by atoms with Gasteiger partial charge in [0.15, 0.2) is 0 Å². The highest BCUT2D eigenvalue weighted by atomic mass is 35.5. The monoisotopic (exact) mass is 315 g/mol. The maximum absolute atomic E-state index is 12.4. The first-order chi connectivity index (χ1) is 9.53. The molecule has 0 amide bonds. The quantitative estimate of drug-likeness (QED) is 0.545. The summed E-state index contributed by atoms with van der Waals surface area (Å²) in [7, 11) is -3.16. The number of unbranched alkanes of at least 4 members (excludes halogenated alkanes) is 1.